The van der Waals surface area contributed by atoms with Crippen LogP contribution in [0.1, 0.15) is 34.3 Å². The lowest BCUT2D eigenvalue weighted by molar-refractivity contribution is -0.118. The average molecular weight is 557 g/mol. The smallest absolute Gasteiger partial charge is 0.399 e. The van der Waals surface area contributed by atoms with Crippen LogP contribution in [-0.4, -0.2) is 46.9 Å². The minimum Gasteiger partial charge on any atom is -0.399 e. The second-order valence-corrected chi connectivity index (χ2v) is 10.6. The first-order chi connectivity index (χ1) is 16.9. The van der Waals surface area contributed by atoms with Crippen LogP contribution in [0.3, 0.4) is 0 Å². The summed E-state index contributed by atoms with van der Waals surface area (Å²) in [5.41, 5.74) is 2.78. The highest BCUT2D eigenvalue weighted by atomic mass is 79.9. The molecule has 35 heavy (non-hydrogen) atoms. The molecule has 3 aromatic rings. The molecule has 0 aliphatic carbocycles. The fraction of sp³-hybridized carbons (Fsp3) is 0.280. The van der Waals surface area contributed by atoms with Gasteiger partial charge in [0.15, 0.2) is 5.06 Å². The maximum absolute atomic E-state index is 13.2. The molecule has 1 saturated heterocycles. The van der Waals surface area contributed by atoms with Gasteiger partial charge in [-0.15, -0.1) is 0 Å². The largest absolute Gasteiger partial charge is 0.414 e. The van der Waals surface area contributed by atoms with Crippen molar-refractivity contribution in [3.05, 3.63) is 75.3 Å². The number of amides is 3. The zero-order chi connectivity index (χ0) is 24.8. The van der Waals surface area contributed by atoms with Crippen LogP contribution in [0.15, 0.2) is 58.6 Å². The predicted molar refractivity (Wildman–Crippen MR) is 138 cm³/mol. The van der Waals surface area contributed by atoms with Crippen LogP contribution in [0.4, 0.5) is 10.5 Å². The molecule has 0 radical (unpaired) electrons. The second kappa shape index (κ2) is 11.5. The van der Waals surface area contributed by atoms with Gasteiger partial charge in [0.25, 0.3) is 5.91 Å². The Morgan fingerprint density at radius 3 is 2.51 bits per heavy atom. The highest BCUT2D eigenvalue weighted by Crippen LogP contribution is 2.28. The summed E-state index contributed by atoms with van der Waals surface area (Å²) in [4.78, 5) is 44.3. The highest BCUT2D eigenvalue weighted by Gasteiger charge is 2.24. The molecule has 10 heteroatoms. The Balaban J connectivity index is 1.46. The number of likely N-dealkylation sites (tertiary alicyclic amines) is 1. The number of carbonyl (C=O) groups excluding carboxylic acids is 3. The van der Waals surface area contributed by atoms with E-state index in [1.807, 2.05) is 11.8 Å². The lowest BCUT2D eigenvalue weighted by Crippen LogP contribution is -2.46. The van der Waals surface area contributed by atoms with Crippen LogP contribution < -0.4 is 15.4 Å². The fourth-order valence-electron chi connectivity index (χ4n) is 3.88. The number of aromatic nitrogens is 1. The number of anilines is 1. The van der Waals surface area contributed by atoms with Gasteiger partial charge in [-0.25, -0.2) is 4.79 Å². The van der Waals surface area contributed by atoms with Gasteiger partial charge in [0.2, 0.25) is 5.91 Å². The average Bonchev–Trinajstić information content (AvgIpc) is 3.51. The van der Waals surface area contributed by atoms with E-state index in [2.05, 4.69) is 31.5 Å². The van der Waals surface area contributed by atoms with E-state index in [-0.39, 0.29) is 12.3 Å². The van der Waals surface area contributed by atoms with Gasteiger partial charge < -0.3 is 20.3 Å². The number of benzene rings is 1. The Hall–Kier alpha value is -3.24. The zero-order valence-corrected chi connectivity index (χ0v) is 21.5. The molecule has 0 saturated carbocycles. The number of hydrogen-bond donors (Lipinski definition) is 2. The lowest BCUT2D eigenvalue weighted by Gasteiger charge is -2.19. The Morgan fingerprint density at radius 1 is 1.11 bits per heavy atom. The van der Waals surface area contributed by atoms with Crippen molar-refractivity contribution in [3.63, 3.8) is 0 Å². The van der Waals surface area contributed by atoms with Gasteiger partial charge in [-0.2, -0.15) is 0 Å². The third kappa shape index (κ3) is 6.67. The number of aryl methyl sites for hydroxylation is 1. The molecule has 1 aromatic carbocycles. The number of hydrogen-bond acceptors (Lipinski definition) is 6. The molecule has 0 bridgehead atoms. The Labute approximate surface area is 215 Å². The van der Waals surface area contributed by atoms with Crippen molar-refractivity contribution < 1.29 is 19.1 Å². The van der Waals surface area contributed by atoms with Gasteiger partial charge in [-0.3, -0.25) is 14.6 Å². The normalized spacial score (nSPS) is 13.8. The maximum Gasteiger partial charge on any atom is 0.414 e. The van der Waals surface area contributed by atoms with Crippen molar-refractivity contribution >= 4 is 50.9 Å². The van der Waals surface area contributed by atoms with E-state index in [0.717, 1.165) is 40.8 Å². The summed E-state index contributed by atoms with van der Waals surface area (Å²) in [6.45, 7) is 3.40. The molecule has 1 fully saturated rings. The Kier molecular flexibility index (Phi) is 8.14. The summed E-state index contributed by atoms with van der Waals surface area (Å²) in [7, 11) is 0. The molecule has 1 atom stereocenters. The van der Waals surface area contributed by atoms with Gasteiger partial charge in [-0.05, 0) is 89.3 Å². The summed E-state index contributed by atoms with van der Waals surface area (Å²) in [5, 5.41) is 5.93. The standard InChI is InChI=1S/C25H25BrN4O4S/c1-16-14-18(4-5-19(16)24(32)30-12-2-3-13-30)28-23(31)20(15-17-8-10-27-11-9-17)29-25(33)34-22-7-6-21(26)35-22/h4-11,14,20H,2-3,12-13,15H2,1H3,(H,28,31)(H,29,33)/t20-/m1/s1. The first kappa shape index (κ1) is 24.9. The highest BCUT2D eigenvalue weighted by molar-refractivity contribution is 9.11. The first-order valence-corrected chi connectivity index (χ1v) is 12.8. The van der Waals surface area contributed by atoms with Crippen molar-refractivity contribution in [2.24, 2.45) is 0 Å². The molecule has 1 aliphatic heterocycles. The van der Waals surface area contributed by atoms with Gasteiger partial charge in [0.05, 0.1) is 3.79 Å². The maximum atomic E-state index is 13.2. The van der Waals surface area contributed by atoms with E-state index in [0.29, 0.717) is 16.3 Å². The molecule has 0 spiro atoms. The summed E-state index contributed by atoms with van der Waals surface area (Å²) in [6, 6.07) is 11.3. The summed E-state index contributed by atoms with van der Waals surface area (Å²) in [6.07, 6.45) is 4.84. The van der Waals surface area contributed by atoms with E-state index in [1.165, 1.54) is 11.3 Å². The van der Waals surface area contributed by atoms with Crippen molar-refractivity contribution in [1.29, 1.82) is 0 Å². The fourth-order valence-corrected chi connectivity index (χ4v) is 5.07. The number of nitrogens with zero attached hydrogens (tertiary/aromatic N) is 2. The minimum absolute atomic E-state index is 0.0121. The Bertz CT molecular complexity index is 1210. The van der Waals surface area contributed by atoms with Crippen molar-refractivity contribution in [2.45, 2.75) is 32.2 Å². The van der Waals surface area contributed by atoms with Crippen LogP contribution >= 0.6 is 27.3 Å². The molecular formula is C25H25BrN4O4S. The number of carbonyl (C=O) groups is 3. The number of rotatable bonds is 7. The number of ether oxygens (including phenoxy) is 1. The van der Waals surface area contributed by atoms with E-state index >= 15 is 0 Å². The molecule has 0 unspecified atom stereocenters. The third-order valence-corrected chi connectivity index (χ3v) is 7.16. The van der Waals surface area contributed by atoms with Gasteiger partial charge >= 0.3 is 6.09 Å². The SMILES string of the molecule is Cc1cc(NC(=O)[C@@H](Cc2ccncc2)NC(=O)Oc2ccc(Br)s2)ccc1C(=O)N1CCCC1. The Morgan fingerprint density at radius 2 is 1.86 bits per heavy atom. The third-order valence-electron chi connectivity index (χ3n) is 5.66. The van der Waals surface area contributed by atoms with E-state index in [1.54, 1.807) is 54.9 Å². The summed E-state index contributed by atoms with van der Waals surface area (Å²) in [5.74, 6) is -0.387. The molecule has 3 heterocycles. The molecule has 2 aromatic heterocycles. The molecule has 182 valence electrons. The monoisotopic (exact) mass is 556 g/mol. The molecule has 4 rings (SSSR count). The molecule has 1 aliphatic rings. The van der Waals surface area contributed by atoms with Crippen molar-refractivity contribution in [2.75, 3.05) is 18.4 Å². The van der Waals surface area contributed by atoms with Crippen LogP contribution in [-0.2, 0) is 11.2 Å². The quantitative estimate of drug-likeness (QED) is 0.435. The summed E-state index contributed by atoms with van der Waals surface area (Å²) >= 11 is 4.60. The van der Waals surface area contributed by atoms with E-state index in [9.17, 15) is 14.4 Å². The number of thiophene rings is 1. The van der Waals surface area contributed by atoms with Crippen molar-refractivity contribution in [3.8, 4) is 5.06 Å². The number of nitrogens with one attached hydrogen (secondary N) is 2. The van der Waals surface area contributed by atoms with Gasteiger partial charge in [0, 0.05) is 43.2 Å². The predicted octanol–water partition coefficient (Wildman–Crippen LogP) is 4.79. The number of halogens is 1. The molecular weight excluding hydrogens is 532 g/mol. The summed E-state index contributed by atoms with van der Waals surface area (Å²) < 4.78 is 6.14. The topological polar surface area (TPSA) is 101 Å². The zero-order valence-electron chi connectivity index (χ0n) is 19.1. The van der Waals surface area contributed by atoms with Crippen LogP contribution in [0.25, 0.3) is 0 Å². The van der Waals surface area contributed by atoms with Gasteiger partial charge in [0.1, 0.15) is 6.04 Å². The van der Waals surface area contributed by atoms with Crippen molar-refractivity contribution in [1.82, 2.24) is 15.2 Å². The minimum atomic E-state index is -0.889. The van der Waals surface area contributed by atoms with Gasteiger partial charge in [-0.1, -0.05) is 11.3 Å². The first-order valence-electron chi connectivity index (χ1n) is 11.2. The number of pyridine rings is 1. The van der Waals surface area contributed by atoms with E-state index in [4.69, 9.17) is 4.74 Å². The molecule has 2 N–H and O–H groups in total. The molecule has 3 amide bonds. The lowest BCUT2D eigenvalue weighted by atomic mass is 10.0. The van der Waals surface area contributed by atoms with Crippen LogP contribution in [0, 0.1) is 6.92 Å². The van der Waals surface area contributed by atoms with Crippen LogP contribution in [0.2, 0.25) is 0 Å². The second-order valence-electron chi connectivity index (χ2n) is 8.22. The van der Waals surface area contributed by atoms with E-state index < -0.39 is 18.0 Å². The molecule has 8 nitrogen and oxygen atoms in total. The van der Waals surface area contributed by atoms with Crippen LogP contribution in [0.5, 0.6) is 5.06 Å².